The number of hydrogen-bond acceptors (Lipinski definition) is 2. The fourth-order valence-electron chi connectivity index (χ4n) is 2.23. The molecule has 0 aliphatic carbocycles. The number of rotatable bonds is 3. The van der Waals surface area contributed by atoms with Crippen molar-refractivity contribution in [1.82, 2.24) is 0 Å². The van der Waals surface area contributed by atoms with Gasteiger partial charge in [0.25, 0.3) is 0 Å². The number of hydrogen-bond donors (Lipinski definition) is 0. The minimum absolute atomic E-state index is 0.689. The van der Waals surface area contributed by atoms with Crippen LogP contribution in [0.15, 0.2) is 65.7 Å². The summed E-state index contributed by atoms with van der Waals surface area (Å²) < 4.78 is 5.95. The number of nitrogens with zero attached hydrogens (tertiary/aromatic N) is 1. The van der Waals surface area contributed by atoms with Crippen molar-refractivity contribution in [2.75, 3.05) is 0 Å². The van der Waals surface area contributed by atoms with E-state index < -0.39 is 0 Å². The lowest BCUT2D eigenvalue weighted by molar-refractivity contribution is 0.523. The first-order valence-electron chi connectivity index (χ1n) is 7.00. The van der Waals surface area contributed by atoms with Gasteiger partial charge in [-0.3, -0.25) is 0 Å². The zero-order valence-electron chi connectivity index (χ0n) is 11.5. The lowest BCUT2D eigenvalue weighted by atomic mass is 10.1. The number of aliphatic imine (C=N–C) groups is 1. The summed E-state index contributed by atoms with van der Waals surface area (Å²) in [5.41, 5.74) is 3.11. The molecular weight excluding hydrogens is 246 g/mol. The van der Waals surface area contributed by atoms with Gasteiger partial charge in [-0.2, -0.15) is 0 Å². The fourth-order valence-corrected chi connectivity index (χ4v) is 2.23. The molecule has 0 fully saturated rings. The van der Waals surface area contributed by atoms with Crippen LogP contribution in [-0.2, 0) is 4.74 Å². The molecule has 2 aromatic rings. The van der Waals surface area contributed by atoms with Gasteiger partial charge in [0.2, 0.25) is 5.90 Å². The van der Waals surface area contributed by atoms with E-state index in [1.807, 2.05) is 42.5 Å². The van der Waals surface area contributed by atoms with Gasteiger partial charge in [0.05, 0.1) is 5.69 Å². The van der Waals surface area contributed by atoms with Crippen LogP contribution in [0.5, 0.6) is 0 Å². The van der Waals surface area contributed by atoms with E-state index in [9.17, 15) is 0 Å². The molecule has 0 N–H and O–H groups in total. The molecule has 0 unspecified atom stereocenters. The Morgan fingerprint density at radius 3 is 2.40 bits per heavy atom. The van der Waals surface area contributed by atoms with Crippen molar-refractivity contribution < 1.29 is 4.74 Å². The van der Waals surface area contributed by atoms with Crippen molar-refractivity contribution in [2.24, 2.45) is 4.99 Å². The molecule has 0 aromatic heterocycles. The third kappa shape index (κ3) is 2.50. The van der Waals surface area contributed by atoms with Crippen LogP contribution in [0, 0.1) is 0 Å². The smallest absolute Gasteiger partial charge is 0.227 e. The largest absolute Gasteiger partial charge is 0.438 e. The van der Waals surface area contributed by atoms with Gasteiger partial charge in [-0.05, 0) is 30.7 Å². The van der Waals surface area contributed by atoms with E-state index in [-0.39, 0.29) is 0 Å². The van der Waals surface area contributed by atoms with Crippen molar-refractivity contribution >= 4 is 17.3 Å². The topological polar surface area (TPSA) is 21.6 Å². The zero-order chi connectivity index (χ0) is 13.8. The summed E-state index contributed by atoms with van der Waals surface area (Å²) in [7, 11) is 0. The van der Waals surface area contributed by atoms with Gasteiger partial charge in [-0.1, -0.05) is 49.7 Å². The monoisotopic (exact) mass is 263 g/mol. The fraction of sp³-hybridized carbons (Fsp3) is 0.167. The number of para-hydroxylation sites is 1. The van der Waals surface area contributed by atoms with E-state index in [0.717, 1.165) is 35.4 Å². The summed E-state index contributed by atoms with van der Waals surface area (Å²) >= 11 is 0. The number of benzene rings is 2. The molecule has 2 aromatic carbocycles. The molecule has 0 amide bonds. The molecule has 1 aliphatic rings. The minimum Gasteiger partial charge on any atom is -0.438 e. The van der Waals surface area contributed by atoms with Gasteiger partial charge >= 0.3 is 0 Å². The van der Waals surface area contributed by atoms with Crippen LogP contribution in [0.2, 0.25) is 0 Å². The second-order valence-corrected chi connectivity index (χ2v) is 4.76. The molecule has 1 aliphatic heterocycles. The van der Waals surface area contributed by atoms with Crippen LogP contribution in [-0.4, -0.2) is 5.90 Å². The Morgan fingerprint density at radius 1 is 0.950 bits per heavy atom. The molecule has 0 atom stereocenters. The first kappa shape index (κ1) is 12.7. The van der Waals surface area contributed by atoms with Crippen molar-refractivity contribution in [1.29, 1.82) is 0 Å². The Bertz CT molecular complexity index is 656. The van der Waals surface area contributed by atoms with E-state index in [1.54, 1.807) is 0 Å². The van der Waals surface area contributed by atoms with Crippen LogP contribution in [0.1, 0.15) is 30.9 Å². The lowest BCUT2D eigenvalue weighted by Gasteiger charge is -2.00. The second-order valence-electron chi connectivity index (χ2n) is 4.76. The Morgan fingerprint density at radius 2 is 1.65 bits per heavy atom. The van der Waals surface area contributed by atoms with Gasteiger partial charge in [0.1, 0.15) is 5.76 Å². The van der Waals surface area contributed by atoms with Crippen molar-refractivity contribution in [2.45, 2.75) is 19.8 Å². The standard InChI is InChI=1S/C18H17NO/c1-2-3-13-17-15-11-7-8-12-16(15)18(20-17)19-14-9-5-4-6-10-14/h4-13H,2-3H2,1H3/b17-13-,19-18-. The van der Waals surface area contributed by atoms with E-state index in [2.05, 4.69) is 30.1 Å². The van der Waals surface area contributed by atoms with Crippen LogP contribution in [0.4, 0.5) is 5.69 Å². The molecular formula is C18H17NO. The Hall–Kier alpha value is -2.35. The number of unbranched alkanes of at least 4 members (excludes halogenated alkanes) is 1. The van der Waals surface area contributed by atoms with Crippen LogP contribution in [0.25, 0.3) is 5.76 Å². The molecule has 0 spiro atoms. The number of ether oxygens (including phenoxy) is 1. The second kappa shape index (κ2) is 5.74. The maximum atomic E-state index is 5.95. The highest BCUT2D eigenvalue weighted by Gasteiger charge is 2.23. The molecule has 2 heteroatoms. The summed E-state index contributed by atoms with van der Waals surface area (Å²) in [6.07, 6.45) is 4.27. The SMILES string of the molecule is CCC/C=C1\O/C(=N\c2ccccc2)c2ccccc21. The molecule has 1 heterocycles. The molecule has 3 rings (SSSR count). The van der Waals surface area contributed by atoms with E-state index in [1.165, 1.54) is 0 Å². The summed E-state index contributed by atoms with van der Waals surface area (Å²) in [4.78, 5) is 4.61. The van der Waals surface area contributed by atoms with E-state index >= 15 is 0 Å². The zero-order valence-corrected chi connectivity index (χ0v) is 11.5. The minimum atomic E-state index is 0.689. The predicted molar refractivity (Wildman–Crippen MR) is 83.1 cm³/mol. The highest BCUT2D eigenvalue weighted by atomic mass is 16.5. The van der Waals surface area contributed by atoms with Gasteiger partial charge in [0, 0.05) is 11.1 Å². The highest BCUT2D eigenvalue weighted by Crippen LogP contribution is 2.31. The van der Waals surface area contributed by atoms with Crippen molar-refractivity contribution in [3.8, 4) is 0 Å². The molecule has 100 valence electrons. The first-order valence-corrected chi connectivity index (χ1v) is 7.00. The highest BCUT2D eigenvalue weighted by molar-refractivity contribution is 6.07. The third-order valence-electron chi connectivity index (χ3n) is 3.23. The average Bonchev–Trinajstić information content (AvgIpc) is 2.85. The van der Waals surface area contributed by atoms with Gasteiger partial charge in [0.15, 0.2) is 0 Å². The summed E-state index contributed by atoms with van der Waals surface area (Å²) in [6, 6.07) is 18.1. The van der Waals surface area contributed by atoms with E-state index in [0.29, 0.717) is 5.90 Å². The van der Waals surface area contributed by atoms with Gasteiger partial charge in [-0.15, -0.1) is 0 Å². The Kier molecular flexibility index (Phi) is 3.64. The van der Waals surface area contributed by atoms with Crippen molar-refractivity contribution in [3.05, 3.63) is 71.8 Å². The third-order valence-corrected chi connectivity index (χ3v) is 3.23. The van der Waals surface area contributed by atoms with E-state index in [4.69, 9.17) is 4.74 Å². The van der Waals surface area contributed by atoms with Crippen LogP contribution >= 0.6 is 0 Å². The molecule has 0 saturated carbocycles. The number of allylic oxidation sites excluding steroid dienone is 1. The average molecular weight is 263 g/mol. The first-order chi connectivity index (χ1) is 9.88. The summed E-state index contributed by atoms with van der Waals surface area (Å²) in [5, 5.41) is 0. The van der Waals surface area contributed by atoms with Gasteiger partial charge in [-0.25, -0.2) is 4.99 Å². The molecule has 20 heavy (non-hydrogen) atoms. The maximum Gasteiger partial charge on any atom is 0.227 e. The lowest BCUT2D eigenvalue weighted by Crippen LogP contribution is -1.95. The van der Waals surface area contributed by atoms with Crippen molar-refractivity contribution in [3.63, 3.8) is 0 Å². The normalized spacial score (nSPS) is 17.2. The van der Waals surface area contributed by atoms with Crippen LogP contribution < -0.4 is 0 Å². The molecule has 0 bridgehead atoms. The molecule has 2 nitrogen and oxygen atoms in total. The quantitative estimate of drug-likeness (QED) is 0.769. The predicted octanol–water partition coefficient (Wildman–Crippen LogP) is 4.94. The van der Waals surface area contributed by atoms with Crippen LogP contribution in [0.3, 0.4) is 0 Å². The Balaban J connectivity index is 2.01. The van der Waals surface area contributed by atoms with Gasteiger partial charge < -0.3 is 4.74 Å². The molecule has 0 radical (unpaired) electrons. The number of fused-ring (bicyclic) bond motifs is 1. The molecule has 0 saturated heterocycles. The Labute approximate surface area is 119 Å². The maximum absolute atomic E-state index is 5.95. The summed E-state index contributed by atoms with van der Waals surface area (Å²) in [6.45, 7) is 2.16. The summed E-state index contributed by atoms with van der Waals surface area (Å²) in [5.74, 6) is 1.62.